The number of nitrogens with one attached hydrogen (secondary N) is 1. The zero-order valence-corrected chi connectivity index (χ0v) is 28.1. The van der Waals surface area contributed by atoms with Crippen LogP contribution in [0.2, 0.25) is 0 Å². The Bertz CT molecular complexity index is 1190. The van der Waals surface area contributed by atoms with E-state index in [2.05, 4.69) is 35.0 Å². The summed E-state index contributed by atoms with van der Waals surface area (Å²) in [5.74, 6) is 2.47. The van der Waals surface area contributed by atoms with Crippen LogP contribution < -0.4 is 38.6 Å². The van der Waals surface area contributed by atoms with E-state index in [1.165, 1.54) is 116 Å². The number of ether oxygens (including phenoxy) is 1. The number of hydrogen-bond donors (Lipinski definition) is 1. The van der Waals surface area contributed by atoms with Crippen molar-refractivity contribution < 1.29 is 37.7 Å². The van der Waals surface area contributed by atoms with Gasteiger partial charge in [-0.2, -0.15) is 4.57 Å². The fourth-order valence-corrected chi connectivity index (χ4v) is 5.81. The molecule has 0 unspecified atom stereocenters. The third kappa shape index (κ3) is 11.8. The van der Waals surface area contributed by atoms with Gasteiger partial charge in [0.1, 0.15) is 0 Å². The number of rotatable bonds is 21. The Balaban J connectivity index is 0.00000484. The number of hydrogen-bond acceptors (Lipinski definition) is 3. The lowest BCUT2D eigenvalue weighted by atomic mass is 10.0. The van der Waals surface area contributed by atoms with E-state index in [1.807, 2.05) is 48.6 Å². The third-order valence-electron chi connectivity index (χ3n) is 8.22. The summed E-state index contributed by atoms with van der Waals surface area (Å²) in [5.41, 5.74) is 3.10. The predicted octanol–water partition coefficient (Wildman–Crippen LogP) is 8.13. The molecule has 5 heteroatoms. The first-order chi connectivity index (χ1) is 20.3. The van der Waals surface area contributed by atoms with Gasteiger partial charge in [0.2, 0.25) is 5.58 Å². The number of aromatic nitrogens is 1. The Labute approximate surface area is 272 Å². The summed E-state index contributed by atoms with van der Waals surface area (Å²) in [5, 5.41) is 3.30. The molecule has 1 N–H and O–H groups in total. The molecule has 1 aliphatic rings. The van der Waals surface area contributed by atoms with Crippen molar-refractivity contribution in [2.45, 2.75) is 129 Å². The number of aryl methyl sites for hydroxylation is 1. The van der Waals surface area contributed by atoms with Gasteiger partial charge in [-0.3, -0.25) is 0 Å². The largest absolute Gasteiger partial charge is 1.00 e. The van der Waals surface area contributed by atoms with Gasteiger partial charge in [0.25, 0.3) is 5.52 Å². The van der Waals surface area contributed by atoms with Gasteiger partial charge in [-0.25, -0.2) is 0 Å². The van der Waals surface area contributed by atoms with E-state index in [1.54, 1.807) is 0 Å². The Hall–Kier alpha value is -2.28. The van der Waals surface area contributed by atoms with Gasteiger partial charge >= 0.3 is 5.89 Å². The van der Waals surface area contributed by atoms with Gasteiger partial charge < -0.3 is 38.4 Å². The summed E-state index contributed by atoms with van der Waals surface area (Å²) in [6.07, 6.45) is 31.2. The number of allylic oxidation sites excluding steroid dienone is 2. The van der Waals surface area contributed by atoms with Crippen molar-refractivity contribution in [3.63, 3.8) is 0 Å². The van der Waals surface area contributed by atoms with E-state index >= 15 is 0 Å². The van der Waals surface area contributed by atoms with E-state index in [9.17, 15) is 0 Å². The fourth-order valence-electron chi connectivity index (χ4n) is 5.81. The quantitative estimate of drug-likeness (QED) is 0.0700. The van der Waals surface area contributed by atoms with Crippen molar-refractivity contribution in [3.8, 4) is 5.75 Å². The summed E-state index contributed by atoms with van der Waals surface area (Å²) >= 11 is 0. The summed E-state index contributed by atoms with van der Waals surface area (Å²) in [7, 11) is 0. The van der Waals surface area contributed by atoms with Crippen LogP contribution in [-0.4, -0.2) is 0 Å². The SMILES string of the molecule is CCCCCCCCCCCCCCCCCCCC[n+]1c(C=CC=C2Nc3ccccc3O2)oc2ccccc21.[I-]. The maximum Gasteiger partial charge on any atom is 0.374 e. The Morgan fingerprint density at radius 1 is 0.667 bits per heavy atom. The minimum atomic E-state index is 0. The minimum absolute atomic E-state index is 0. The zero-order chi connectivity index (χ0) is 28.4. The second-order valence-corrected chi connectivity index (χ2v) is 11.7. The summed E-state index contributed by atoms with van der Waals surface area (Å²) in [4.78, 5) is 0. The molecule has 0 fully saturated rings. The van der Waals surface area contributed by atoms with Gasteiger partial charge in [-0.05, 0) is 36.8 Å². The highest BCUT2D eigenvalue weighted by molar-refractivity contribution is 5.69. The van der Waals surface area contributed by atoms with Crippen molar-refractivity contribution in [2.75, 3.05) is 5.32 Å². The molecule has 4 rings (SSSR count). The molecule has 0 radical (unpaired) electrons. The first-order valence-corrected chi connectivity index (χ1v) is 16.7. The van der Waals surface area contributed by atoms with Crippen LogP contribution in [0, 0.1) is 0 Å². The molecule has 2 heterocycles. The number of halogens is 1. The van der Waals surface area contributed by atoms with Gasteiger partial charge in [0.15, 0.2) is 18.2 Å². The lowest BCUT2D eigenvalue weighted by Crippen LogP contribution is -3.00. The van der Waals surface area contributed by atoms with Crippen LogP contribution in [0.3, 0.4) is 0 Å². The van der Waals surface area contributed by atoms with Gasteiger partial charge in [-0.15, -0.1) is 0 Å². The predicted molar refractivity (Wildman–Crippen MR) is 173 cm³/mol. The number of unbranched alkanes of at least 4 members (excludes halogenated alkanes) is 17. The molecule has 0 bridgehead atoms. The first kappa shape index (κ1) is 34.2. The lowest BCUT2D eigenvalue weighted by molar-refractivity contribution is -0.678. The molecule has 3 aromatic rings. The molecule has 2 aromatic carbocycles. The van der Waals surface area contributed by atoms with E-state index in [0.717, 1.165) is 40.9 Å². The molecular formula is C37H53IN2O2. The van der Waals surface area contributed by atoms with Crippen LogP contribution >= 0.6 is 0 Å². The maximum atomic E-state index is 6.20. The Kier molecular flexibility index (Phi) is 16.8. The summed E-state index contributed by atoms with van der Waals surface area (Å²) < 4.78 is 14.4. The van der Waals surface area contributed by atoms with Crippen LogP contribution in [0.5, 0.6) is 5.75 Å². The molecule has 0 atom stereocenters. The molecule has 1 aromatic heterocycles. The van der Waals surface area contributed by atoms with E-state index < -0.39 is 0 Å². The molecule has 4 nitrogen and oxygen atoms in total. The fraction of sp³-hybridized carbons (Fsp3) is 0.541. The minimum Gasteiger partial charge on any atom is -1.00 e. The van der Waals surface area contributed by atoms with Gasteiger partial charge in [0, 0.05) is 12.5 Å². The van der Waals surface area contributed by atoms with Crippen molar-refractivity contribution in [1.82, 2.24) is 0 Å². The van der Waals surface area contributed by atoms with Crippen molar-refractivity contribution in [3.05, 3.63) is 72.5 Å². The van der Waals surface area contributed by atoms with Gasteiger partial charge in [-0.1, -0.05) is 134 Å². The second kappa shape index (κ2) is 20.6. The number of fused-ring (bicyclic) bond motifs is 2. The van der Waals surface area contributed by atoms with Crippen LogP contribution in [0.4, 0.5) is 5.69 Å². The lowest BCUT2D eigenvalue weighted by Gasteiger charge is -2.03. The van der Waals surface area contributed by atoms with Gasteiger partial charge in [0.05, 0.1) is 11.8 Å². The van der Waals surface area contributed by atoms with Crippen LogP contribution in [0.1, 0.15) is 128 Å². The molecule has 0 spiro atoms. The van der Waals surface area contributed by atoms with Crippen molar-refractivity contribution in [2.24, 2.45) is 0 Å². The molecule has 230 valence electrons. The highest BCUT2D eigenvalue weighted by Crippen LogP contribution is 2.32. The highest BCUT2D eigenvalue weighted by atomic mass is 127. The number of nitrogens with zero attached hydrogens (tertiary/aromatic N) is 1. The van der Waals surface area contributed by atoms with E-state index in [4.69, 9.17) is 9.15 Å². The van der Waals surface area contributed by atoms with Crippen molar-refractivity contribution >= 4 is 22.9 Å². The molecule has 0 amide bonds. The van der Waals surface area contributed by atoms with E-state index in [0.29, 0.717) is 0 Å². The number of benzene rings is 2. The Morgan fingerprint density at radius 2 is 1.21 bits per heavy atom. The molecule has 0 aliphatic carbocycles. The average molecular weight is 685 g/mol. The van der Waals surface area contributed by atoms with Crippen LogP contribution in [0.25, 0.3) is 17.2 Å². The second-order valence-electron chi connectivity index (χ2n) is 11.7. The third-order valence-corrected chi connectivity index (χ3v) is 8.22. The monoisotopic (exact) mass is 684 g/mol. The van der Waals surface area contributed by atoms with Crippen molar-refractivity contribution in [1.29, 1.82) is 0 Å². The zero-order valence-electron chi connectivity index (χ0n) is 25.9. The number of anilines is 1. The summed E-state index contributed by atoms with van der Waals surface area (Å²) in [6.45, 7) is 3.27. The standard InChI is InChI=1S/C37H52N2O2.HI/c1-2-3-4-5-6-7-8-9-10-11-12-13-14-15-16-17-18-23-31-39-33-26-20-22-28-35(33)41-37(39)30-24-29-36-38-32-25-19-21-27-34(32)40-36;/h19-22,24-30H,2-18,23,31H2,1H3;1H. The van der Waals surface area contributed by atoms with Crippen LogP contribution in [-0.2, 0) is 6.54 Å². The van der Waals surface area contributed by atoms with Crippen LogP contribution in [0.15, 0.2) is 71.0 Å². The van der Waals surface area contributed by atoms with E-state index in [-0.39, 0.29) is 24.0 Å². The average Bonchev–Trinajstić information content (AvgIpc) is 3.57. The summed E-state index contributed by atoms with van der Waals surface area (Å²) in [6, 6.07) is 16.3. The highest BCUT2D eigenvalue weighted by Gasteiger charge is 2.20. The molecular weight excluding hydrogens is 631 g/mol. The topological polar surface area (TPSA) is 38.3 Å². The molecule has 0 saturated heterocycles. The first-order valence-electron chi connectivity index (χ1n) is 16.7. The molecule has 42 heavy (non-hydrogen) atoms. The molecule has 0 saturated carbocycles. The number of para-hydroxylation sites is 4. The maximum absolute atomic E-state index is 6.20. The normalized spacial score (nSPS) is 13.4. The number of oxazole rings is 1. The Morgan fingerprint density at radius 3 is 1.83 bits per heavy atom. The smallest absolute Gasteiger partial charge is 0.374 e. The molecule has 1 aliphatic heterocycles.